The highest BCUT2D eigenvalue weighted by Crippen LogP contribution is 2.26. The van der Waals surface area contributed by atoms with E-state index >= 15 is 0 Å². The lowest BCUT2D eigenvalue weighted by atomic mass is 10.1. The van der Waals surface area contributed by atoms with Crippen LogP contribution in [0.25, 0.3) is 11.0 Å². The van der Waals surface area contributed by atoms with Crippen molar-refractivity contribution in [2.24, 2.45) is 0 Å². The van der Waals surface area contributed by atoms with E-state index in [-0.39, 0.29) is 0 Å². The van der Waals surface area contributed by atoms with Crippen LogP contribution in [0.1, 0.15) is 29.9 Å². The van der Waals surface area contributed by atoms with Gasteiger partial charge in [-0.2, -0.15) is 5.26 Å². The summed E-state index contributed by atoms with van der Waals surface area (Å²) >= 11 is 0. The smallest absolute Gasteiger partial charge is 0.222 e. The van der Waals surface area contributed by atoms with Crippen molar-refractivity contribution in [3.8, 4) is 6.07 Å². The molecule has 1 N–H and O–H groups in total. The lowest BCUT2D eigenvalue weighted by molar-refractivity contribution is 0.704. The third kappa shape index (κ3) is 4.37. The van der Waals surface area contributed by atoms with Gasteiger partial charge in [0, 0.05) is 39.6 Å². The average Bonchev–Trinajstić information content (AvgIpc) is 3.18. The van der Waals surface area contributed by atoms with E-state index in [1.807, 2.05) is 55.5 Å². The number of nitrogens with zero attached hydrogens (tertiary/aromatic N) is 7. The Hall–Kier alpha value is -3.99. The van der Waals surface area contributed by atoms with Gasteiger partial charge in [-0.1, -0.05) is 18.2 Å². The number of aryl methyl sites for hydroxylation is 1. The maximum atomic E-state index is 9.96. The van der Waals surface area contributed by atoms with Gasteiger partial charge in [-0.3, -0.25) is 0 Å². The maximum absolute atomic E-state index is 9.96. The van der Waals surface area contributed by atoms with Crippen LogP contribution in [0.3, 0.4) is 0 Å². The minimum Gasteiger partial charge on any atom is -0.363 e. The zero-order valence-corrected chi connectivity index (χ0v) is 18.5. The van der Waals surface area contributed by atoms with Crippen LogP contribution in [0.5, 0.6) is 0 Å². The Bertz CT molecular complexity index is 1240. The molecule has 0 aliphatic carbocycles. The largest absolute Gasteiger partial charge is 0.363 e. The minimum absolute atomic E-state index is 0.500. The first-order valence-corrected chi connectivity index (χ1v) is 10.6. The fourth-order valence-corrected chi connectivity index (χ4v) is 3.67. The normalized spacial score (nSPS) is 11.8. The van der Waals surface area contributed by atoms with Gasteiger partial charge in [0.05, 0.1) is 22.8 Å². The van der Waals surface area contributed by atoms with Crippen molar-refractivity contribution in [3.05, 3.63) is 71.9 Å². The first kappa shape index (κ1) is 21.2. The van der Waals surface area contributed by atoms with E-state index in [0.717, 1.165) is 35.4 Å². The highest BCUT2D eigenvalue weighted by Gasteiger charge is 2.23. The number of pyridine rings is 1. The molecule has 4 aromatic rings. The summed E-state index contributed by atoms with van der Waals surface area (Å²) in [6, 6.07) is 16.2. The summed E-state index contributed by atoms with van der Waals surface area (Å²) in [6.45, 7) is 3.45. The highest BCUT2D eigenvalue weighted by atomic mass is 15.1. The zero-order valence-electron chi connectivity index (χ0n) is 18.5. The van der Waals surface area contributed by atoms with Crippen LogP contribution in [-0.4, -0.2) is 45.1 Å². The number of hydrogen-bond donors (Lipinski definition) is 1. The van der Waals surface area contributed by atoms with Crippen molar-refractivity contribution in [1.29, 1.82) is 5.26 Å². The number of imidazole rings is 1. The molecule has 0 amide bonds. The number of benzene rings is 1. The minimum atomic E-state index is -0.575. The van der Waals surface area contributed by atoms with Crippen molar-refractivity contribution in [3.63, 3.8) is 0 Å². The Balaban J connectivity index is 1.50. The maximum Gasteiger partial charge on any atom is 0.222 e. The molecule has 162 valence electrons. The van der Waals surface area contributed by atoms with E-state index in [0.29, 0.717) is 24.0 Å². The second-order valence-electron chi connectivity index (χ2n) is 7.67. The van der Waals surface area contributed by atoms with Crippen LogP contribution in [0, 0.1) is 11.3 Å². The van der Waals surface area contributed by atoms with Gasteiger partial charge < -0.3 is 14.8 Å². The molecule has 0 radical (unpaired) electrons. The molecule has 1 unspecified atom stereocenters. The summed E-state index contributed by atoms with van der Waals surface area (Å²) in [4.78, 5) is 20.1. The van der Waals surface area contributed by atoms with Gasteiger partial charge in [0.15, 0.2) is 0 Å². The molecule has 0 bridgehead atoms. The summed E-state index contributed by atoms with van der Waals surface area (Å²) in [5.41, 5.74) is 3.66. The molecule has 0 saturated carbocycles. The summed E-state index contributed by atoms with van der Waals surface area (Å²) in [5, 5.41) is 13.2. The molecule has 1 aromatic carbocycles. The molecule has 32 heavy (non-hydrogen) atoms. The van der Waals surface area contributed by atoms with Gasteiger partial charge in [0.2, 0.25) is 5.95 Å². The first-order chi connectivity index (χ1) is 15.6. The number of rotatable bonds is 8. The van der Waals surface area contributed by atoms with E-state index in [2.05, 4.69) is 43.9 Å². The number of anilines is 2. The third-order valence-corrected chi connectivity index (χ3v) is 5.32. The number of nitriles is 1. The lowest BCUT2D eigenvalue weighted by Crippen LogP contribution is -2.13. The third-order valence-electron chi connectivity index (χ3n) is 5.32. The summed E-state index contributed by atoms with van der Waals surface area (Å²) in [6.07, 6.45) is 4.36. The van der Waals surface area contributed by atoms with E-state index in [1.165, 1.54) is 0 Å². The first-order valence-electron chi connectivity index (χ1n) is 10.6. The topological polar surface area (TPSA) is 95.6 Å². The zero-order chi connectivity index (χ0) is 22.5. The summed E-state index contributed by atoms with van der Waals surface area (Å²) in [7, 11) is 3.94. The lowest BCUT2D eigenvalue weighted by Gasteiger charge is -2.13. The van der Waals surface area contributed by atoms with Gasteiger partial charge in [0.1, 0.15) is 17.6 Å². The van der Waals surface area contributed by atoms with Crippen LogP contribution in [-0.2, 0) is 13.0 Å². The summed E-state index contributed by atoms with van der Waals surface area (Å²) < 4.78 is 2.07. The molecule has 3 heterocycles. The van der Waals surface area contributed by atoms with Crippen LogP contribution in [0.4, 0.5) is 11.8 Å². The number of hydrogen-bond acceptors (Lipinski definition) is 7. The molecule has 0 aliphatic rings. The molecule has 4 rings (SSSR count). The van der Waals surface area contributed by atoms with Crippen LogP contribution < -0.4 is 10.2 Å². The Morgan fingerprint density at radius 2 is 1.94 bits per heavy atom. The second kappa shape index (κ2) is 9.43. The van der Waals surface area contributed by atoms with Crippen molar-refractivity contribution in [2.45, 2.75) is 25.8 Å². The Labute approximate surface area is 187 Å². The predicted molar refractivity (Wildman–Crippen MR) is 126 cm³/mol. The Kier molecular flexibility index (Phi) is 6.26. The molecule has 1 atom stereocenters. The standard InChI is InChI=1S/C24H26N8/c1-4-32-21-8-6-5-7-20(21)29-23(32)18(15-25)19-12-14-27-24(30-19)26-13-11-17-9-10-22(28-16-17)31(2)3/h5-10,12,14,16,18H,4,11,13H2,1-3H3,(H,26,27,30). The van der Waals surface area contributed by atoms with Crippen molar-refractivity contribution in [1.82, 2.24) is 24.5 Å². The van der Waals surface area contributed by atoms with E-state index < -0.39 is 5.92 Å². The van der Waals surface area contributed by atoms with Crippen molar-refractivity contribution < 1.29 is 0 Å². The van der Waals surface area contributed by atoms with Gasteiger partial charge in [-0.25, -0.2) is 19.9 Å². The Morgan fingerprint density at radius 1 is 1.09 bits per heavy atom. The van der Waals surface area contributed by atoms with E-state index in [4.69, 9.17) is 4.98 Å². The summed E-state index contributed by atoms with van der Waals surface area (Å²) in [5.74, 6) is 1.56. The SMILES string of the molecule is CCn1c(C(C#N)c2ccnc(NCCc3ccc(N(C)C)nc3)n2)nc2ccccc21. The molecule has 0 saturated heterocycles. The highest BCUT2D eigenvalue weighted by molar-refractivity contribution is 5.76. The monoisotopic (exact) mass is 426 g/mol. The quantitative estimate of drug-likeness (QED) is 0.460. The number of aromatic nitrogens is 5. The average molecular weight is 427 g/mol. The number of para-hydroxylation sites is 2. The molecule has 0 aliphatic heterocycles. The molecule has 8 nitrogen and oxygen atoms in total. The predicted octanol–water partition coefficient (Wildman–Crippen LogP) is 3.62. The van der Waals surface area contributed by atoms with Crippen LogP contribution in [0.15, 0.2) is 54.9 Å². The molecule has 0 fully saturated rings. The van der Waals surface area contributed by atoms with E-state index in [1.54, 1.807) is 12.3 Å². The van der Waals surface area contributed by atoms with Crippen molar-refractivity contribution >= 4 is 22.8 Å². The van der Waals surface area contributed by atoms with Gasteiger partial charge in [0.25, 0.3) is 0 Å². The van der Waals surface area contributed by atoms with E-state index in [9.17, 15) is 5.26 Å². The van der Waals surface area contributed by atoms with Gasteiger partial charge in [-0.15, -0.1) is 0 Å². The molecule has 3 aromatic heterocycles. The fraction of sp³-hybridized carbons (Fsp3) is 0.292. The van der Waals surface area contributed by atoms with Crippen molar-refractivity contribution in [2.75, 3.05) is 30.9 Å². The van der Waals surface area contributed by atoms with Gasteiger partial charge in [-0.05, 0) is 43.2 Å². The van der Waals surface area contributed by atoms with Crippen LogP contribution >= 0.6 is 0 Å². The Morgan fingerprint density at radius 3 is 2.66 bits per heavy atom. The molecular weight excluding hydrogens is 400 g/mol. The molecule has 8 heteroatoms. The van der Waals surface area contributed by atoms with Gasteiger partial charge >= 0.3 is 0 Å². The molecule has 0 spiro atoms. The number of fused-ring (bicyclic) bond motifs is 1. The number of nitrogens with one attached hydrogen (secondary N) is 1. The second-order valence-corrected chi connectivity index (χ2v) is 7.67. The van der Waals surface area contributed by atoms with Crippen LogP contribution in [0.2, 0.25) is 0 Å². The fourth-order valence-electron chi connectivity index (χ4n) is 3.67. The molecular formula is C24H26N8.